The van der Waals surface area contributed by atoms with Crippen LogP contribution in [0.3, 0.4) is 0 Å². The van der Waals surface area contributed by atoms with Crippen LogP contribution in [0.15, 0.2) is 23.2 Å². The van der Waals surface area contributed by atoms with Gasteiger partial charge in [0, 0.05) is 19.6 Å². The zero-order chi connectivity index (χ0) is 19.9. The standard InChI is InChI=1S/C22H34N4O2.HI/c1-16-9-10-19(17(2)13-16)20-15-26(11-12-28-20)22(23-3)24-14-21(27)25-18-7-5-4-6-8-18;/h9-10,13,18,20H,4-8,11-12,14-15H2,1-3H3,(H,23,24)(H,25,27);1H. The third-order valence-corrected chi connectivity index (χ3v) is 5.73. The number of carbonyl (C=O) groups excluding carboxylic acids is 1. The molecule has 0 bridgehead atoms. The van der Waals surface area contributed by atoms with E-state index in [1.54, 1.807) is 7.05 Å². The van der Waals surface area contributed by atoms with E-state index in [1.165, 1.54) is 36.0 Å². The van der Waals surface area contributed by atoms with E-state index in [1.807, 2.05) is 0 Å². The highest BCUT2D eigenvalue weighted by Gasteiger charge is 2.25. The van der Waals surface area contributed by atoms with Crippen LogP contribution in [0.25, 0.3) is 0 Å². The molecule has 1 amide bonds. The van der Waals surface area contributed by atoms with Gasteiger partial charge in [-0.1, -0.05) is 43.0 Å². The van der Waals surface area contributed by atoms with Gasteiger partial charge in [0.05, 0.1) is 19.7 Å². The number of morpholine rings is 1. The SMILES string of the molecule is CN=C(NCC(=O)NC1CCCCC1)N1CCOC(c2ccc(C)cc2C)C1.I. The highest BCUT2D eigenvalue weighted by molar-refractivity contribution is 14.0. The second kappa shape index (κ2) is 11.7. The van der Waals surface area contributed by atoms with E-state index >= 15 is 0 Å². The van der Waals surface area contributed by atoms with Gasteiger partial charge in [-0.3, -0.25) is 9.79 Å². The van der Waals surface area contributed by atoms with Crippen LogP contribution in [0.2, 0.25) is 0 Å². The largest absolute Gasteiger partial charge is 0.370 e. The van der Waals surface area contributed by atoms with Gasteiger partial charge in [0.25, 0.3) is 0 Å². The normalized spacial score (nSPS) is 20.7. The van der Waals surface area contributed by atoms with E-state index in [-0.39, 0.29) is 42.5 Å². The highest BCUT2D eigenvalue weighted by Crippen LogP contribution is 2.26. The second-order valence-electron chi connectivity index (χ2n) is 7.97. The number of aliphatic imine (C=N–C) groups is 1. The lowest BCUT2D eigenvalue weighted by atomic mass is 9.95. The van der Waals surface area contributed by atoms with Crippen LogP contribution in [-0.2, 0) is 9.53 Å². The number of aryl methyl sites for hydroxylation is 2. The number of halogens is 1. The average Bonchev–Trinajstić information content (AvgIpc) is 2.69. The zero-order valence-corrected chi connectivity index (χ0v) is 20.2. The third kappa shape index (κ3) is 6.84. The van der Waals surface area contributed by atoms with Crippen LogP contribution in [0.4, 0.5) is 0 Å². The predicted molar refractivity (Wildman–Crippen MR) is 128 cm³/mol. The molecule has 2 aliphatic rings. The van der Waals surface area contributed by atoms with Crippen LogP contribution in [0.5, 0.6) is 0 Å². The van der Waals surface area contributed by atoms with E-state index in [9.17, 15) is 4.79 Å². The number of nitrogens with one attached hydrogen (secondary N) is 2. The minimum atomic E-state index is 0. The molecule has 6 nitrogen and oxygen atoms in total. The second-order valence-corrected chi connectivity index (χ2v) is 7.97. The summed E-state index contributed by atoms with van der Waals surface area (Å²) >= 11 is 0. The minimum absolute atomic E-state index is 0. The Labute approximate surface area is 191 Å². The summed E-state index contributed by atoms with van der Waals surface area (Å²) in [4.78, 5) is 18.9. The van der Waals surface area contributed by atoms with Crippen molar-refractivity contribution in [1.29, 1.82) is 0 Å². The molecule has 1 atom stereocenters. The van der Waals surface area contributed by atoms with Crippen LogP contribution < -0.4 is 10.6 Å². The van der Waals surface area contributed by atoms with Crippen molar-refractivity contribution in [3.05, 3.63) is 34.9 Å². The quantitative estimate of drug-likeness (QED) is 0.368. The van der Waals surface area contributed by atoms with Crippen molar-refractivity contribution in [2.24, 2.45) is 4.99 Å². The monoisotopic (exact) mass is 514 g/mol. The number of benzene rings is 1. The van der Waals surface area contributed by atoms with Gasteiger partial charge >= 0.3 is 0 Å². The Morgan fingerprint density at radius 1 is 1.24 bits per heavy atom. The topological polar surface area (TPSA) is 66.0 Å². The van der Waals surface area contributed by atoms with Gasteiger partial charge in [-0.15, -0.1) is 24.0 Å². The zero-order valence-electron chi connectivity index (χ0n) is 17.9. The van der Waals surface area contributed by atoms with E-state index in [0.717, 1.165) is 31.9 Å². The maximum absolute atomic E-state index is 12.3. The molecule has 1 aliphatic heterocycles. The maximum atomic E-state index is 12.3. The van der Waals surface area contributed by atoms with Crippen LogP contribution >= 0.6 is 24.0 Å². The van der Waals surface area contributed by atoms with Gasteiger partial charge in [0.15, 0.2) is 5.96 Å². The molecule has 7 heteroatoms. The molecule has 2 fully saturated rings. The number of hydrogen-bond acceptors (Lipinski definition) is 3. The van der Waals surface area contributed by atoms with Gasteiger partial charge in [-0.25, -0.2) is 0 Å². The molecule has 1 aromatic carbocycles. The number of guanidine groups is 1. The van der Waals surface area contributed by atoms with Crippen molar-refractivity contribution in [1.82, 2.24) is 15.5 Å². The lowest BCUT2D eigenvalue weighted by molar-refractivity contribution is -0.120. The molecule has 162 valence electrons. The lowest BCUT2D eigenvalue weighted by Gasteiger charge is -2.35. The summed E-state index contributed by atoms with van der Waals surface area (Å²) in [6.07, 6.45) is 5.93. The van der Waals surface area contributed by atoms with Crippen LogP contribution in [-0.4, -0.2) is 56.1 Å². The Bertz CT molecular complexity index is 704. The van der Waals surface area contributed by atoms with Crippen molar-refractivity contribution in [2.45, 2.75) is 58.1 Å². The number of amides is 1. The summed E-state index contributed by atoms with van der Waals surface area (Å²) < 4.78 is 6.03. The predicted octanol–water partition coefficient (Wildman–Crippen LogP) is 3.32. The van der Waals surface area contributed by atoms with Crippen LogP contribution in [0, 0.1) is 13.8 Å². The molecular formula is C22H35IN4O2. The molecule has 29 heavy (non-hydrogen) atoms. The maximum Gasteiger partial charge on any atom is 0.239 e. The number of nitrogens with zero attached hydrogens (tertiary/aromatic N) is 2. The number of rotatable bonds is 4. The first-order chi connectivity index (χ1) is 13.6. The molecule has 0 radical (unpaired) electrons. The highest BCUT2D eigenvalue weighted by atomic mass is 127. The Hall–Kier alpha value is -1.35. The third-order valence-electron chi connectivity index (χ3n) is 5.73. The molecule has 0 aromatic heterocycles. The number of ether oxygens (including phenoxy) is 1. The lowest BCUT2D eigenvalue weighted by Crippen LogP contribution is -2.51. The molecule has 0 spiro atoms. The molecule has 2 N–H and O–H groups in total. The molecule has 1 unspecified atom stereocenters. The van der Waals surface area contributed by atoms with Gasteiger partial charge in [-0.2, -0.15) is 0 Å². The molecule has 1 aliphatic carbocycles. The summed E-state index contributed by atoms with van der Waals surface area (Å²) in [5.74, 6) is 0.809. The van der Waals surface area contributed by atoms with Gasteiger partial charge < -0.3 is 20.3 Å². The Kier molecular flexibility index (Phi) is 9.68. The van der Waals surface area contributed by atoms with E-state index < -0.39 is 0 Å². The first kappa shape index (κ1) is 23.9. The average molecular weight is 514 g/mol. The minimum Gasteiger partial charge on any atom is -0.370 e. The van der Waals surface area contributed by atoms with Crippen molar-refractivity contribution >= 4 is 35.8 Å². The van der Waals surface area contributed by atoms with E-state index in [4.69, 9.17) is 4.74 Å². The van der Waals surface area contributed by atoms with Crippen molar-refractivity contribution in [3.63, 3.8) is 0 Å². The van der Waals surface area contributed by atoms with E-state index in [0.29, 0.717) is 12.6 Å². The number of hydrogen-bond donors (Lipinski definition) is 2. The molecule has 1 saturated carbocycles. The van der Waals surface area contributed by atoms with Crippen LogP contribution in [0.1, 0.15) is 54.9 Å². The van der Waals surface area contributed by atoms with Crippen molar-refractivity contribution < 1.29 is 9.53 Å². The molecular weight excluding hydrogens is 479 g/mol. The summed E-state index contributed by atoms with van der Waals surface area (Å²) in [5, 5.41) is 6.38. The molecule has 1 heterocycles. The smallest absolute Gasteiger partial charge is 0.239 e. The van der Waals surface area contributed by atoms with Gasteiger partial charge in [0.1, 0.15) is 6.10 Å². The molecule has 1 saturated heterocycles. The molecule has 1 aromatic rings. The summed E-state index contributed by atoms with van der Waals surface area (Å²) in [7, 11) is 1.77. The fourth-order valence-electron chi connectivity index (χ4n) is 4.23. The Morgan fingerprint density at radius 2 is 2.00 bits per heavy atom. The first-order valence-corrected chi connectivity index (χ1v) is 10.5. The van der Waals surface area contributed by atoms with E-state index in [2.05, 4.69) is 52.6 Å². The van der Waals surface area contributed by atoms with Crippen molar-refractivity contribution in [3.8, 4) is 0 Å². The van der Waals surface area contributed by atoms with Gasteiger partial charge in [0.2, 0.25) is 5.91 Å². The Balaban J connectivity index is 0.00000300. The fourth-order valence-corrected chi connectivity index (χ4v) is 4.23. The summed E-state index contributed by atoms with van der Waals surface area (Å²) in [5.41, 5.74) is 3.73. The summed E-state index contributed by atoms with van der Waals surface area (Å²) in [6, 6.07) is 6.82. The fraction of sp³-hybridized carbons (Fsp3) is 0.636. The molecule has 3 rings (SSSR count). The Morgan fingerprint density at radius 3 is 2.69 bits per heavy atom. The number of carbonyl (C=O) groups is 1. The first-order valence-electron chi connectivity index (χ1n) is 10.5. The van der Waals surface area contributed by atoms with Crippen molar-refractivity contribution in [2.75, 3.05) is 33.3 Å². The summed E-state index contributed by atoms with van der Waals surface area (Å²) in [6.45, 7) is 6.64. The van der Waals surface area contributed by atoms with Gasteiger partial charge in [-0.05, 0) is 37.8 Å².